The first kappa shape index (κ1) is 21.0. The minimum atomic E-state index is -1.24. The molecule has 4 amide bonds. The van der Waals surface area contributed by atoms with Crippen LogP contribution in [0.25, 0.3) is 0 Å². The highest BCUT2D eigenvalue weighted by Crippen LogP contribution is 2.38. The van der Waals surface area contributed by atoms with E-state index in [1.165, 1.54) is 4.90 Å². The molecule has 1 heterocycles. The van der Waals surface area contributed by atoms with Crippen molar-refractivity contribution in [3.05, 3.63) is 54.6 Å². The van der Waals surface area contributed by atoms with E-state index in [1.807, 2.05) is 0 Å². The largest absolute Gasteiger partial charge is 0.480 e. The molecule has 2 aromatic rings. The summed E-state index contributed by atoms with van der Waals surface area (Å²) < 4.78 is 0. The normalized spacial score (nSPS) is 14.4. The average molecular weight is 409 g/mol. The number of benzene rings is 2. The number of aliphatic carboxylic acids is 1. The van der Waals surface area contributed by atoms with E-state index in [4.69, 9.17) is 0 Å². The summed E-state index contributed by atoms with van der Waals surface area (Å²) in [7, 11) is 0. The number of hydrogen-bond acceptors (Lipinski definition) is 4. The highest BCUT2D eigenvalue weighted by atomic mass is 16.4. The fourth-order valence-electron chi connectivity index (χ4n) is 3.07. The minimum absolute atomic E-state index is 0.271. The van der Waals surface area contributed by atoms with Crippen LogP contribution >= 0.6 is 0 Å². The van der Waals surface area contributed by atoms with E-state index in [1.54, 1.807) is 75.4 Å². The summed E-state index contributed by atoms with van der Waals surface area (Å²) in [6.07, 6.45) is 0. The lowest BCUT2D eigenvalue weighted by molar-refractivity contribution is -0.135. The van der Waals surface area contributed by atoms with E-state index in [9.17, 15) is 24.3 Å². The van der Waals surface area contributed by atoms with E-state index in [2.05, 4.69) is 0 Å². The molecule has 0 unspecified atom stereocenters. The first-order chi connectivity index (χ1) is 14.1. The van der Waals surface area contributed by atoms with Crippen LogP contribution in [-0.4, -0.2) is 46.9 Å². The van der Waals surface area contributed by atoms with Gasteiger partial charge in [0.15, 0.2) is 5.78 Å². The van der Waals surface area contributed by atoms with Gasteiger partial charge in [-0.2, -0.15) is 0 Å². The number of carbonyl (C=O) groups excluding carboxylic acids is 3. The number of anilines is 3. The lowest BCUT2D eigenvalue weighted by atomic mass is 9.90. The van der Waals surface area contributed by atoms with Crippen molar-refractivity contribution in [1.82, 2.24) is 4.90 Å². The van der Waals surface area contributed by atoms with Gasteiger partial charge in [0.1, 0.15) is 6.54 Å². The Labute approximate surface area is 174 Å². The summed E-state index contributed by atoms with van der Waals surface area (Å²) in [5, 5.41) is 9.37. The van der Waals surface area contributed by atoms with Gasteiger partial charge in [-0.1, -0.05) is 51.1 Å². The number of carboxylic acids is 1. The highest BCUT2D eigenvalue weighted by Gasteiger charge is 2.41. The first-order valence-corrected chi connectivity index (χ1v) is 9.43. The van der Waals surface area contributed by atoms with Gasteiger partial charge in [0.25, 0.3) is 0 Å². The molecule has 0 aromatic heterocycles. The number of ketones is 1. The van der Waals surface area contributed by atoms with Crippen LogP contribution in [0.2, 0.25) is 0 Å². The summed E-state index contributed by atoms with van der Waals surface area (Å²) in [6.45, 7) is 3.98. The molecular formula is C22H23N3O5. The summed E-state index contributed by atoms with van der Waals surface area (Å²) in [5.74, 6) is -1.56. The lowest BCUT2D eigenvalue weighted by Crippen LogP contribution is -2.52. The Morgan fingerprint density at radius 2 is 1.37 bits per heavy atom. The van der Waals surface area contributed by atoms with Gasteiger partial charge in [0, 0.05) is 5.41 Å². The summed E-state index contributed by atoms with van der Waals surface area (Å²) in [4.78, 5) is 54.1. The van der Waals surface area contributed by atoms with Crippen molar-refractivity contribution in [1.29, 1.82) is 0 Å². The number of fused-ring (bicyclic) bond motifs is 1. The zero-order chi connectivity index (χ0) is 22.1. The van der Waals surface area contributed by atoms with Gasteiger partial charge in [-0.15, -0.1) is 0 Å². The van der Waals surface area contributed by atoms with Gasteiger partial charge in [-0.25, -0.2) is 14.5 Å². The molecule has 0 saturated heterocycles. The molecule has 1 aliphatic heterocycles. The quantitative estimate of drug-likeness (QED) is 0.808. The highest BCUT2D eigenvalue weighted by molar-refractivity contribution is 6.18. The number of imide groups is 1. The van der Waals surface area contributed by atoms with Crippen molar-refractivity contribution in [3.8, 4) is 0 Å². The standard InChI is InChI=1S/C22H23N3O5/c1-22(2,3)18(26)13-24-20(29)23(14-19(27)28)16-11-7-8-12-17(16)25(21(24)30)15-9-5-4-6-10-15/h4-12H,13-14H2,1-3H3,(H,27,28). The zero-order valence-corrected chi connectivity index (χ0v) is 17.0. The maximum atomic E-state index is 13.5. The molecular weight excluding hydrogens is 386 g/mol. The van der Waals surface area contributed by atoms with Crippen LogP contribution in [0.4, 0.5) is 26.7 Å². The van der Waals surface area contributed by atoms with Crippen LogP contribution in [0.5, 0.6) is 0 Å². The van der Waals surface area contributed by atoms with Crippen LogP contribution in [0, 0.1) is 5.41 Å². The molecule has 0 aliphatic carbocycles. The van der Waals surface area contributed by atoms with E-state index in [0.717, 1.165) is 9.80 Å². The molecule has 0 atom stereocenters. The molecule has 0 spiro atoms. The number of Topliss-reactive ketones (excluding diaryl/α,β-unsaturated/α-hetero) is 1. The first-order valence-electron chi connectivity index (χ1n) is 9.43. The topological polar surface area (TPSA) is 98.2 Å². The number of nitrogens with zero attached hydrogens (tertiary/aromatic N) is 3. The maximum absolute atomic E-state index is 13.5. The SMILES string of the molecule is CC(C)(C)C(=O)CN1C(=O)N(CC(=O)O)c2ccccc2N(c2ccccc2)C1=O. The number of rotatable bonds is 5. The molecule has 156 valence electrons. The predicted molar refractivity (Wildman–Crippen MR) is 112 cm³/mol. The van der Waals surface area contributed by atoms with E-state index >= 15 is 0 Å². The van der Waals surface area contributed by atoms with Crippen molar-refractivity contribution in [3.63, 3.8) is 0 Å². The Hall–Kier alpha value is -3.68. The molecule has 8 nitrogen and oxygen atoms in total. The monoisotopic (exact) mass is 409 g/mol. The van der Waals surface area contributed by atoms with Crippen LogP contribution < -0.4 is 9.80 Å². The fourth-order valence-corrected chi connectivity index (χ4v) is 3.07. The molecule has 1 aliphatic rings. The third-order valence-corrected chi connectivity index (χ3v) is 4.74. The number of urea groups is 2. The molecule has 0 saturated carbocycles. The number of carboxylic acid groups (broad SMARTS) is 1. The zero-order valence-electron chi connectivity index (χ0n) is 17.0. The minimum Gasteiger partial charge on any atom is -0.480 e. The van der Waals surface area contributed by atoms with Crippen molar-refractivity contribution >= 4 is 40.9 Å². The molecule has 0 fully saturated rings. The van der Waals surface area contributed by atoms with Crippen molar-refractivity contribution < 1.29 is 24.3 Å². The van der Waals surface area contributed by atoms with Gasteiger partial charge >= 0.3 is 18.0 Å². The molecule has 3 rings (SSSR count). The Morgan fingerprint density at radius 3 is 1.93 bits per heavy atom. The van der Waals surface area contributed by atoms with Crippen LogP contribution in [0.1, 0.15) is 20.8 Å². The summed E-state index contributed by atoms with van der Waals surface area (Å²) in [6, 6.07) is 13.7. The molecule has 0 radical (unpaired) electrons. The van der Waals surface area contributed by atoms with E-state index < -0.39 is 36.5 Å². The number of para-hydroxylation sites is 3. The molecule has 0 bridgehead atoms. The van der Waals surface area contributed by atoms with Crippen molar-refractivity contribution in [2.24, 2.45) is 5.41 Å². The van der Waals surface area contributed by atoms with E-state index in [0.29, 0.717) is 11.4 Å². The van der Waals surface area contributed by atoms with Gasteiger partial charge < -0.3 is 5.11 Å². The van der Waals surface area contributed by atoms with Gasteiger partial charge in [-0.3, -0.25) is 19.4 Å². The average Bonchev–Trinajstić information content (AvgIpc) is 2.77. The number of hydrogen-bond donors (Lipinski definition) is 1. The smallest absolute Gasteiger partial charge is 0.337 e. The van der Waals surface area contributed by atoms with Crippen LogP contribution in [-0.2, 0) is 9.59 Å². The Morgan fingerprint density at radius 1 is 0.800 bits per heavy atom. The van der Waals surface area contributed by atoms with Gasteiger partial charge in [-0.05, 0) is 24.3 Å². The maximum Gasteiger partial charge on any atom is 0.337 e. The second-order valence-corrected chi connectivity index (χ2v) is 7.96. The number of carbonyl (C=O) groups is 4. The van der Waals surface area contributed by atoms with Crippen molar-refractivity contribution in [2.45, 2.75) is 20.8 Å². The van der Waals surface area contributed by atoms with Crippen molar-refractivity contribution in [2.75, 3.05) is 22.9 Å². The van der Waals surface area contributed by atoms with Gasteiger partial charge in [0.05, 0.1) is 23.6 Å². The Kier molecular flexibility index (Phi) is 5.60. The third kappa shape index (κ3) is 4.03. The molecule has 8 heteroatoms. The lowest BCUT2D eigenvalue weighted by Gasteiger charge is -2.28. The van der Waals surface area contributed by atoms with Gasteiger partial charge in [0.2, 0.25) is 0 Å². The fraction of sp³-hybridized carbons (Fsp3) is 0.273. The van der Waals surface area contributed by atoms with Crippen LogP contribution in [0.15, 0.2) is 54.6 Å². The summed E-state index contributed by atoms with van der Waals surface area (Å²) in [5.41, 5.74) is 0.338. The second kappa shape index (κ2) is 7.98. The Bertz CT molecular complexity index is 997. The van der Waals surface area contributed by atoms with E-state index in [-0.39, 0.29) is 11.5 Å². The third-order valence-electron chi connectivity index (χ3n) is 4.74. The molecule has 1 N–H and O–H groups in total. The second-order valence-electron chi connectivity index (χ2n) is 7.96. The molecule has 2 aromatic carbocycles. The summed E-state index contributed by atoms with van der Waals surface area (Å²) >= 11 is 0. The van der Waals surface area contributed by atoms with Crippen LogP contribution in [0.3, 0.4) is 0 Å². The molecule has 30 heavy (non-hydrogen) atoms. The Balaban J connectivity index is 2.19. The number of amides is 4. The predicted octanol–water partition coefficient (Wildman–Crippen LogP) is 3.89.